The number of aromatic nitrogens is 8. The van der Waals surface area contributed by atoms with E-state index in [0.717, 1.165) is 30.0 Å². The number of rotatable bonds is 3. The number of carbonyl (C=O) groups is 1. The van der Waals surface area contributed by atoms with E-state index in [9.17, 15) is 4.79 Å². The summed E-state index contributed by atoms with van der Waals surface area (Å²) in [5.74, 6) is 0.0715. The van der Waals surface area contributed by atoms with Gasteiger partial charge < -0.3 is 9.47 Å². The predicted molar refractivity (Wildman–Crippen MR) is 86.4 cm³/mol. The van der Waals surface area contributed by atoms with Gasteiger partial charge in [0.2, 0.25) is 5.82 Å². The minimum absolute atomic E-state index is 0.155. The number of hydrogen-bond acceptors (Lipinski definition) is 6. The van der Waals surface area contributed by atoms with Crippen molar-refractivity contribution in [2.24, 2.45) is 7.05 Å². The molecule has 3 aromatic heterocycles. The number of aryl methyl sites for hydroxylation is 3. The van der Waals surface area contributed by atoms with Gasteiger partial charge in [0, 0.05) is 20.1 Å². The van der Waals surface area contributed by atoms with Gasteiger partial charge in [-0.25, -0.2) is 14.6 Å². The van der Waals surface area contributed by atoms with Crippen molar-refractivity contribution in [1.29, 1.82) is 0 Å². The molecule has 0 saturated heterocycles. The summed E-state index contributed by atoms with van der Waals surface area (Å²) >= 11 is 0. The van der Waals surface area contributed by atoms with Crippen LogP contribution in [0, 0.1) is 6.92 Å². The third kappa shape index (κ3) is 2.90. The number of carbonyl (C=O) groups excluding carboxylic acids is 1. The lowest BCUT2D eigenvalue weighted by atomic mass is 10.3. The molecule has 0 radical (unpaired) electrons. The van der Waals surface area contributed by atoms with Crippen molar-refractivity contribution in [3.05, 3.63) is 41.8 Å². The smallest absolute Gasteiger partial charge is 0.293 e. The predicted octanol–water partition coefficient (Wildman–Crippen LogP) is 0.00592. The Hall–Kier alpha value is -3.04. The third-order valence-corrected chi connectivity index (χ3v) is 4.39. The summed E-state index contributed by atoms with van der Waals surface area (Å²) in [5, 5.41) is 12.1. The van der Waals surface area contributed by atoms with Crippen LogP contribution >= 0.6 is 0 Å². The Morgan fingerprint density at radius 2 is 2.12 bits per heavy atom. The lowest BCUT2D eigenvalue weighted by Crippen LogP contribution is -2.32. The van der Waals surface area contributed by atoms with E-state index in [1.54, 1.807) is 22.8 Å². The summed E-state index contributed by atoms with van der Waals surface area (Å²) in [6.07, 6.45) is 5.96. The van der Waals surface area contributed by atoms with E-state index in [2.05, 4.69) is 29.9 Å². The Labute approximate surface area is 144 Å². The van der Waals surface area contributed by atoms with Crippen LogP contribution < -0.4 is 0 Å². The highest BCUT2D eigenvalue weighted by molar-refractivity contribution is 5.90. The largest absolute Gasteiger partial charge is 0.333 e. The Morgan fingerprint density at radius 1 is 1.24 bits per heavy atom. The van der Waals surface area contributed by atoms with Crippen molar-refractivity contribution in [2.45, 2.75) is 33.0 Å². The fourth-order valence-corrected chi connectivity index (χ4v) is 3.01. The molecule has 0 unspecified atom stereocenters. The molecule has 25 heavy (non-hydrogen) atoms. The molecule has 3 aromatic rings. The monoisotopic (exact) mass is 341 g/mol. The molecule has 0 N–H and O–H groups in total. The summed E-state index contributed by atoms with van der Waals surface area (Å²) in [7, 11) is 1.75. The zero-order chi connectivity index (χ0) is 17.4. The van der Waals surface area contributed by atoms with Gasteiger partial charge in [0.05, 0.1) is 42.7 Å². The van der Waals surface area contributed by atoms with Crippen LogP contribution in [0.1, 0.15) is 34.1 Å². The molecule has 10 nitrogen and oxygen atoms in total. The van der Waals surface area contributed by atoms with Gasteiger partial charge in [-0.3, -0.25) is 9.48 Å². The maximum absolute atomic E-state index is 12.7. The Bertz CT molecular complexity index is 906. The number of hydrogen-bond donors (Lipinski definition) is 0. The molecule has 0 spiro atoms. The molecule has 4 heterocycles. The summed E-state index contributed by atoms with van der Waals surface area (Å²) in [6.45, 7) is 4.48. The Morgan fingerprint density at radius 3 is 2.84 bits per heavy atom. The highest BCUT2D eigenvalue weighted by Gasteiger charge is 2.25. The quantitative estimate of drug-likeness (QED) is 0.665. The van der Waals surface area contributed by atoms with Crippen molar-refractivity contribution < 1.29 is 4.79 Å². The SMILES string of the molecule is Cc1cnnn1Cc1ncn2c1CN(C(=O)c1ncn(C)n1)CCC2. The van der Waals surface area contributed by atoms with E-state index in [0.29, 0.717) is 19.6 Å². The topological polar surface area (TPSA) is 99.5 Å². The van der Waals surface area contributed by atoms with Crippen LogP contribution in [0.2, 0.25) is 0 Å². The van der Waals surface area contributed by atoms with Gasteiger partial charge in [-0.1, -0.05) is 5.21 Å². The van der Waals surface area contributed by atoms with E-state index in [-0.39, 0.29) is 11.7 Å². The van der Waals surface area contributed by atoms with E-state index >= 15 is 0 Å². The molecule has 0 aromatic carbocycles. The number of fused-ring (bicyclic) bond motifs is 1. The minimum atomic E-state index is -0.155. The molecule has 0 saturated carbocycles. The first-order chi connectivity index (χ1) is 12.1. The minimum Gasteiger partial charge on any atom is -0.333 e. The van der Waals surface area contributed by atoms with Crippen LogP contribution in [0.4, 0.5) is 0 Å². The van der Waals surface area contributed by atoms with Crippen molar-refractivity contribution >= 4 is 5.91 Å². The second kappa shape index (κ2) is 6.11. The second-order valence-electron chi connectivity index (χ2n) is 6.19. The summed E-state index contributed by atoms with van der Waals surface area (Å²) in [6, 6.07) is 0. The molecule has 4 rings (SSSR count). The Kier molecular flexibility index (Phi) is 3.79. The van der Waals surface area contributed by atoms with E-state index < -0.39 is 0 Å². The first-order valence-corrected chi connectivity index (χ1v) is 8.14. The standard InChI is InChI=1S/C15H19N9O/c1-11-6-18-20-24(11)7-12-13-8-22(4-3-5-23(13)10-16-12)15(25)14-17-9-21(2)19-14/h6,9-10H,3-5,7-8H2,1-2H3. The third-order valence-electron chi connectivity index (χ3n) is 4.39. The molecule has 1 amide bonds. The zero-order valence-corrected chi connectivity index (χ0v) is 14.2. The molecule has 0 fully saturated rings. The van der Waals surface area contributed by atoms with Crippen molar-refractivity contribution in [3.63, 3.8) is 0 Å². The van der Waals surface area contributed by atoms with Crippen molar-refractivity contribution in [1.82, 2.24) is 44.2 Å². The van der Waals surface area contributed by atoms with E-state index in [1.807, 2.05) is 13.3 Å². The molecule has 130 valence electrons. The summed E-state index contributed by atoms with van der Waals surface area (Å²) < 4.78 is 5.45. The highest BCUT2D eigenvalue weighted by Crippen LogP contribution is 2.18. The molecule has 1 aliphatic heterocycles. The molecule has 10 heteroatoms. The molecule has 0 aliphatic carbocycles. The van der Waals surface area contributed by atoms with Crippen molar-refractivity contribution in [2.75, 3.05) is 6.54 Å². The first-order valence-electron chi connectivity index (χ1n) is 8.14. The average Bonchev–Trinajstić information content (AvgIpc) is 3.26. The maximum Gasteiger partial charge on any atom is 0.293 e. The molecule has 1 aliphatic rings. The number of amides is 1. The number of nitrogens with zero attached hydrogens (tertiary/aromatic N) is 9. The highest BCUT2D eigenvalue weighted by atomic mass is 16.2. The second-order valence-corrected chi connectivity index (χ2v) is 6.19. The lowest BCUT2D eigenvalue weighted by molar-refractivity contribution is 0.0732. The van der Waals surface area contributed by atoms with E-state index in [1.165, 1.54) is 11.0 Å². The van der Waals surface area contributed by atoms with Crippen LogP contribution in [0.15, 0.2) is 18.9 Å². The molecular formula is C15H19N9O. The first kappa shape index (κ1) is 15.5. The van der Waals surface area contributed by atoms with Crippen LogP contribution in [-0.4, -0.2) is 56.7 Å². The van der Waals surface area contributed by atoms with Gasteiger partial charge in [0.25, 0.3) is 5.91 Å². The average molecular weight is 341 g/mol. The van der Waals surface area contributed by atoms with Gasteiger partial charge >= 0.3 is 0 Å². The lowest BCUT2D eigenvalue weighted by Gasteiger charge is -2.19. The van der Waals surface area contributed by atoms with Gasteiger partial charge in [-0.15, -0.1) is 10.2 Å². The maximum atomic E-state index is 12.7. The van der Waals surface area contributed by atoms with Crippen LogP contribution in [0.25, 0.3) is 0 Å². The van der Waals surface area contributed by atoms with Crippen LogP contribution in [-0.2, 0) is 26.7 Å². The molecule has 0 bridgehead atoms. The number of imidazole rings is 1. The van der Waals surface area contributed by atoms with E-state index in [4.69, 9.17) is 0 Å². The Balaban J connectivity index is 1.60. The summed E-state index contributed by atoms with van der Waals surface area (Å²) in [5.41, 5.74) is 2.90. The van der Waals surface area contributed by atoms with Crippen LogP contribution in [0.5, 0.6) is 0 Å². The van der Waals surface area contributed by atoms with Gasteiger partial charge in [-0.05, 0) is 13.3 Å². The fraction of sp³-hybridized carbons (Fsp3) is 0.467. The van der Waals surface area contributed by atoms with Gasteiger partial charge in [0.15, 0.2) is 0 Å². The normalized spacial score (nSPS) is 14.4. The summed E-state index contributed by atoms with van der Waals surface area (Å²) in [4.78, 5) is 23.1. The molecular weight excluding hydrogens is 322 g/mol. The fourth-order valence-electron chi connectivity index (χ4n) is 3.01. The van der Waals surface area contributed by atoms with Gasteiger partial charge in [-0.2, -0.15) is 0 Å². The van der Waals surface area contributed by atoms with Crippen molar-refractivity contribution in [3.8, 4) is 0 Å². The van der Waals surface area contributed by atoms with Gasteiger partial charge in [0.1, 0.15) is 6.33 Å². The zero-order valence-electron chi connectivity index (χ0n) is 14.2. The van der Waals surface area contributed by atoms with Crippen LogP contribution in [0.3, 0.4) is 0 Å². The molecule has 0 atom stereocenters.